The zero-order valence-corrected chi connectivity index (χ0v) is 8.54. The molecule has 3 rings (SSSR count). The van der Waals surface area contributed by atoms with Crippen molar-refractivity contribution < 1.29 is 9.53 Å². The maximum absolute atomic E-state index is 11.2. The minimum absolute atomic E-state index is 0.0487. The molecule has 2 N–H and O–H groups in total. The van der Waals surface area contributed by atoms with Gasteiger partial charge in [-0.05, 0) is 6.07 Å². The summed E-state index contributed by atoms with van der Waals surface area (Å²) in [7, 11) is 0. The number of hydrogen-bond acceptors (Lipinski definition) is 4. The largest absolute Gasteiger partial charge is 0.493 e. The number of amides is 1. The first-order valence-corrected chi connectivity index (χ1v) is 5.18. The third-order valence-corrected chi connectivity index (χ3v) is 3.09. The fraction of sp³-hybridized carbons (Fsp3) is 0.364. The van der Waals surface area contributed by atoms with Crippen molar-refractivity contribution in [3.63, 3.8) is 0 Å². The molecule has 1 amide bonds. The summed E-state index contributed by atoms with van der Waals surface area (Å²) in [5.74, 6) is 0.347. The Morgan fingerprint density at radius 1 is 1.38 bits per heavy atom. The molecule has 0 fully saturated rings. The third kappa shape index (κ3) is 1.21. The second-order valence-electron chi connectivity index (χ2n) is 4.04. The second-order valence-corrected chi connectivity index (χ2v) is 4.04. The highest BCUT2D eigenvalue weighted by molar-refractivity contribution is 5.81. The molecule has 0 aliphatic carbocycles. The van der Waals surface area contributed by atoms with E-state index in [1.165, 1.54) is 0 Å². The van der Waals surface area contributed by atoms with Crippen LogP contribution >= 0.6 is 0 Å². The summed E-state index contributed by atoms with van der Waals surface area (Å²) < 4.78 is 5.59. The summed E-state index contributed by atoms with van der Waals surface area (Å²) in [5, 5.41) is 8.09. The smallest absolute Gasteiger partial charge is 0.244 e. The quantitative estimate of drug-likeness (QED) is 0.763. The summed E-state index contributed by atoms with van der Waals surface area (Å²) in [6.07, 6.45) is 0. The summed E-state index contributed by atoms with van der Waals surface area (Å²) in [6.45, 7) is 0.447. The van der Waals surface area contributed by atoms with Gasteiger partial charge in [0.15, 0.2) is 6.04 Å². The normalized spacial score (nSPS) is 30.4. The maximum atomic E-state index is 11.2. The zero-order valence-electron chi connectivity index (χ0n) is 8.54. The van der Waals surface area contributed by atoms with Crippen LogP contribution in [0.1, 0.15) is 11.6 Å². The molecule has 2 heterocycles. The highest BCUT2D eigenvalue weighted by Crippen LogP contribution is 2.43. The fourth-order valence-corrected chi connectivity index (χ4v) is 2.27. The molecule has 2 aliphatic heterocycles. The van der Waals surface area contributed by atoms with E-state index in [0.717, 1.165) is 11.3 Å². The summed E-state index contributed by atoms with van der Waals surface area (Å²) in [4.78, 5) is 11.2. The molecule has 0 radical (unpaired) electrons. The molecule has 0 saturated carbocycles. The molecule has 5 nitrogen and oxygen atoms in total. The fourth-order valence-electron chi connectivity index (χ4n) is 2.27. The highest BCUT2D eigenvalue weighted by atomic mass is 16.5. The third-order valence-electron chi connectivity index (χ3n) is 3.09. The van der Waals surface area contributed by atoms with Gasteiger partial charge >= 0.3 is 0 Å². The minimum atomic E-state index is -0.543. The van der Waals surface area contributed by atoms with Crippen LogP contribution in [0.5, 0.6) is 5.75 Å². The number of benzene rings is 1. The van der Waals surface area contributed by atoms with Crippen LogP contribution in [0, 0.1) is 5.92 Å². The van der Waals surface area contributed by atoms with Gasteiger partial charge in [-0.15, -0.1) is 0 Å². The Kier molecular flexibility index (Phi) is 1.92. The predicted molar refractivity (Wildman–Crippen MR) is 56.0 cm³/mol. The van der Waals surface area contributed by atoms with Gasteiger partial charge in [0, 0.05) is 5.56 Å². The molecule has 82 valence electrons. The van der Waals surface area contributed by atoms with Crippen LogP contribution in [-0.4, -0.2) is 18.6 Å². The Hall–Kier alpha value is -1.91. The number of fused-ring (bicyclic) bond motifs is 3. The van der Waals surface area contributed by atoms with Crippen molar-refractivity contribution >= 4 is 5.91 Å². The zero-order chi connectivity index (χ0) is 11.1. The van der Waals surface area contributed by atoms with Gasteiger partial charge in [-0.1, -0.05) is 18.2 Å². The summed E-state index contributed by atoms with van der Waals surface area (Å²) in [5.41, 5.74) is 6.27. The molecular formula is C11H11N3O2. The van der Waals surface area contributed by atoms with Crippen molar-refractivity contribution in [3.05, 3.63) is 29.8 Å². The number of para-hydroxylation sites is 1. The Morgan fingerprint density at radius 3 is 3.00 bits per heavy atom. The van der Waals surface area contributed by atoms with E-state index in [-0.39, 0.29) is 12.0 Å². The molecule has 3 unspecified atom stereocenters. The number of nitrogens with two attached hydrogens (primary N) is 1. The van der Waals surface area contributed by atoms with E-state index in [4.69, 9.17) is 10.5 Å². The second kappa shape index (κ2) is 3.30. The Bertz CT molecular complexity index is 472. The van der Waals surface area contributed by atoms with Gasteiger partial charge in [-0.3, -0.25) is 4.79 Å². The van der Waals surface area contributed by atoms with E-state index < -0.39 is 11.9 Å². The SMILES string of the molecule is NC(=O)C1N=NC2c3ccccc3OCC12. The summed E-state index contributed by atoms with van der Waals surface area (Å²) in [6, 6.07) is 7.07. The lowest BCUT2D eigenvalue weighted by molar-refractivity contribution is -0.120. The molecule has 0 spiro atoms. The number of nitrogens with zero attached hydrogens (tertiary/aromatic N) is 2. The average Bonchev–Trinajstić information content (AvgIpc) is 2.73. The van der Waals surface area contributed by atoms with Crippen molar-refractivity contribution in [2.45, 2.75) is 12.1 Å². The lowest BCUT2D eigenvalue weighted by atomic mass is 9.87. The Balaban J connectivity index is 1.99. The van der Waals surface area contributed by atoms with Gasteiger partial charge in [0.1, 0.15) is 11.8 Å². The number of carbonyl (C=O) groups excluding carboxylic acids is 1. The van der Waals surface area contributed by atoms with Gasteiger partial charge in [-0.25, -0.2) is 0 Å². The first-order valence-electron chi connectivity index (χ1n) is 5.18. The highest BCUT2D eigenvalue weighted by Gasteiger charge is 2.43. The number of hydrogen-bond donors (Lipinski definition) is 1. The van der Waals surface area contributed by atoms with E-state index in [0.29, 0.717) is 6.61 Å². The van der Waals surface area contributed by atoms with E-state index in [2.05, 4.69) is 10.2 Å². The van der Waals surface area contributed by atoms with Gasteiger partial charge in [0.25, 0.3) is 0 Å². The number of primary amides is 1. The van der Waals surface area contributed by atoms with Crippen LogP contribution in [0.4, 0.5) is 0 Å². The summed E-state index contributed by atoms with van der Waals surface area (Å²) >= 11 is 0. The number of ether oxygens (including phenoxy) is 1. The molecule has 0 saturated heterocycles. The molecule has 0 aromatic heterocycles. The standard InChI is InChI=1S/C11H11N3O2/c12-11(15)10-7-5-16-8-4-2-1-3-6(8)9(7)13-14-10/h1-4,7,9-10H,5H2,(H2,12,15). The molecular weight excluding hydrogens is 206 g/mol. The van der Waals surface area contributed by atoms with Crippen molar-refractivity contribution in [2.24, 2.45) is 21.9 Å². The lowest BCUT2D eigenvalue weighted by Gasteiger charge is -2.27. The Labute approximate surface area is 92.3 Å². The number of rotatable bonds is 1. The molecule has 1 aromatic carbocycles. The van der Waals surface area contributed by atoms with E-state index >= 15 is 0 Å². The van der Waals surface area contributed by atoms with E-state index in [1.807, 2.05) is 24.3 Å². The molecule has 5 heteroatoms. The van der Waals surface area contributed by atoms with Crippen LogP contribution in [-0.2, 0) is 4.79 Å². The van der Waals surface area contributed by atoms with Crippen molar-refractivity contribution in [1.29, 1.82) is 0 Å². The molecule has 2 aliphatic rings. The monoisotopic (exact) mass is 217 g/mol. The van der Waals surface area contributed by atoms with Gasteiger partial charge in [0.2, 0.25) is 5.91 Å². The van der Waals surface area contributed by atoms with E-state index in [9.17, 15) is 4.79 Å². The average molecular weight is 217 g/mol. The molecule has 3 atom stereocenters. The van der Waals surface area contributed by atoms with Crippen LogP contribution < -0.4 is 10.5 Å². The minimum Gasteiger partial charge on any atom is -0.493 e. The van der Waals surface area contributed by atoms with Crippen molar-refractivity contribution in [3.8, 4) is 5.75 Å². The molecule has 16 heavy (non-hydrogen) atoms. The molecule has 0 bridgehead atoms. The Morgan fingerprint density at radius 2 is 2.19 bits per heavy atom. The first-order chi connectivity index (χ1) is 7.77. The first kappa shape index (κ1) is 9.33. The van der Waals surface area contributed by atoms with Crippen LogP contribution in [0.3, 0.4) is 0 Å². The maximum Gasteiger partial charge on any atom is 0.244 e. The van der Waals surface area contributed by atoms with Crippen LogP contribution in [0.15, 0.2) is 34.5 Å². The lowest BCUT2D eigenvalue weighted by Crippen LogP contribution is -2.38. The van der Waals surface area contributed by atoms with Gasteiger partial charge in [-0.2, -0.15) is 10.2 Å². The molecule has 1 aromatic rings. The van der Waals surface area contributed by atoms with Crippen LogP contribution in [0.2, 0.25) is 0 Å². The van der Waals surface area contributed by atoms with Crippen molar-refractivity contribution in [2.75, 3.05) is 6.61 Å². The van der Waals surface area contributed by atoms with Gasteiger partial charge < -0.3 is 10.5 Å². The number of carbonyl (C=O) groups is 1. The van der Waals surface area contributed by atoms with E-state index in [1.54, 1.807) is 0 Å². The van der Waals surface area contributed by atoms with Crippen LogP contribution in [0.25, 0.3) is 0 Å². The van der Waals surface area contributed by atoms with Gasteiger partial charge in [0.05, 0.1) is 12.5 Å². The topological polar surface area (TPSA) is 77.0 Å². The predicted octanol–water partition coefficient (Wildman–Crippen LogP) is 1.06. The van der Waals surface area contributed by atoms with Crippen molar-refractivity contribution in [1.82, 2.24) is 0 Å². The number of azo groups is 1.